The Morgan fingerprint density at radius 1 is 1.35 bits per heavy atom. The van der Waals surface area contributed by atoms with Gasteiger partial charge < -0.3 is 11.1 Å². The Hall–Kier alpha value is -1.46. The van der Waals surface area contributed by atoms with Crippen LogP contribution in [-0.4, -0.2) is 17.0 Å². The van der Waals surface area contributed by atoms with E-state index in [1.165, 1.54) is 12.1 Å². The van der Waals surface area contributed by atoms with E-state index in [9.17, 15) is 10.1 Å². The Balaban J connectivity index is 2.35. The number of nitrogens with one attached hydrogen (secondary N) is 1. The summed E-state index contributed by atoms with van der Waals surface area (Å²) in [6.45, 7) is 5.51. The van der Waals surface area contributed by atoms with E-state index in [1.54, 1.807) is 12.1 Å². The average molecular weight is 237 g/mol. The first-order valence-electron chi connectivity index (χ1n) is 5.61. The SMILES string of the molecule is CC(C)(N)CCNCc1ccc([N+](=O)[O-])cc1. The first-order valence-corrected chi connectivity index (χ1v) is 5.61. The molecule has 17 heavy (non-hydrogen) atoms. The normalized spacial score (nSPS) is 11.5. The van der Waals surface area contributed by atoms with Gasteiger partial charge in [-0.25, -0.2) is 0 Å². The van der Waals surface area contributed by atoms with Gasteiger partial charge in [-0.05, 0) is 32.4 Å². The summed E-state index contributed by atoms with van der Waals surface area (Å²) in [5.74, 6) is 0. The summed E-state index contributed by atoms with van der Waals surface area (Å²) in [5, 5.41) is 13.7. The third-order valence-electron chi connectivity index (χ3n) is 2.42. The van der Waals surface area contributed by atoms with Crippen LogP contribution in [0.2, 0.25) is 0 Å². The van der Waals surface area contributed by atoms with Crippen molar-refractivity contribution in [2.24, 2.45) is 5.73 Å². The van der Waals surface area contributed by atoms with Gasteiger partial charge in [-0.15, -0.1) is 0 Å². The molecule has 0 heterocycles. The van der Waals surface area contributed by atoms with Crippen molar-refractivity contribution in [2.75, 3.05) is 6.54 Å². The van der Waals surface area contributed by atoms with Gasteiger partial charge in [0.15, 0.2) is 0 Å². The second kappa shape index (κ2) is 5.75. The Labute approximate surface area is 101 Å². The van der Waals surface area contributed by atoms with Gasteiger partial charge in [0, 0.05) is 24.2 Å². The quantitative estimate of drug-likeness (QED) is 0.449. The first-order chi connectivity index (χ1) is 7.88. The van der Waals surface area contributed by atoms with E-state index in [2.05, 4.69) is 5.32 Å². The van der Waals surface area contributed by atoms with Crippen LogP contribution in [0.5, 0.6) is 0 Å². The lowest BCUT2D eigenvalue weighted by molar-refractivity contribution is -0.384. The maximum atomic E-state index is 10.5. The summed E-state index contributed by atoms with van der Waals surface area (Å²) in [7, 11) is 0. The van der Waals surface area contributed by atoms with Crippen LogP contribution >= 0.6 is 0 Å². The summed E-state index contributed by atoms with van der Waals surface area (Å²) < 4.78 is 0. The van der Waals surface area contributed by atoms with Gasteiger partial charge in [-0.2, -0.15) is 0 Å². The molecule has 1 aromatic carbocycles. The van der Waals surface area contributed by atoms with Crippen LogP contribution in [0.4, 0.5) is 5.69 Å². The Morgan fingerprint density at radius 3 is 2.41 bits per heavy atom. The molecule has 3 N–H and O–H groups in total. The summed E-state index contributed by atoms with van der Waals surface area (Å²) in [6.07, 6.45) is 0.889. The lowest BCUT2D eigenvalue weighted by Gasteiger charge is -2.18. The minimum Gasteiger partial charge on any atom is -0.326 e. The Morgan fingerprint density at radius 2 is 1.94 bits per heavy atom. The molecule has 0 aliphatic rings. The van der Waals surface area contributed by atoms with Gasteiger partial charge in [0.2, 0.25) is 0 Å². The van der Waals surface area contributed by atoms with E-state index in [0.717, 1.165) is 18.5 Å². The molecular weight excluding hydrogens is 218 g/mol. The van der Waals surface area contributed by atoms with Crippen LogP contribution in [0.3, 0.4) is 0 Å². The van der Waals surface area contributed by atoms with Gasteiger partial charge in [-0.3, -0.25) is 10.1 Å². The zero-order valence-electron chi connectivity index (χ0n) is 10.3. The first kappa shape index (κ1) is 13.6. The van der Waals surface area contributed by atoms with Crippen molar-refractivity contribution < 1.29 is 4.92 Å². The van der Waals surface area contributed by atoms with Crippen molar-refractivity contribution in [2.45, 2.75) is 32.4 Å². The topological polar surface area (TPSA) is 81.2 Å². The van der Waals surface area contributed by atoms with Crippen molar-refractivity contribution >= 4 is 5.69 Å². The van der Waals surface area contributed by atoms with E-state index >= 15 is 0 Å². The molecule has 0 fully saturated rings. The predicted octanol–water partition coefficient (Wildman–Crippen LogP) is 1.81. The number of nitrogens with two attached hydrogens (primary N) is 1. The van der Waals surface area contributed by atoms with E-state index in [1.807, 2.05) is 13.8 Å². The number of hydrogen-bond donors (Lipinski definition) is 2. The van der Waals surface area contributed by atoms with Crippen molar-refractivity contribution in [1.29, 1.82) is 0 Å². The molecule has 1 rings (SSSR count). The van der Waals surface area contributed by atoms with Gasteiger partial charge in [-0.1, -0.05) is 12.1 Å². The monoisotopic (exact) mass is 237 g/mol. The molecule has 0 atom stereocenters. The molecule has 94 valence electrons. The van der Waals surface area contributed by atoms with Gasteiger partial charge in [0.25, 0.3) is 5.69 Å². The number of hydrogen-bond acceptors (Lipinski definition) is 4. The molecular formula is C12H19N3O2. The number of nitrogens with zero attached hydrogens (tertiary/aromatic N) is 1. The lowest BCUT2D eigenvalue weighted by atomic mass is 10.0. The number of nitro benzene ring substituents is 1. The largest absolute Gasteiger partial charge is 0.326 e. The third-order valence-corrected chi connectivity index (χ3v) is 2.42. The Bertz CT molecular complexity index is 368. The molecule has 0 saturated carbocycles. The molecule has 0 amide bonds. The van der Waals surface area contributed by atoms with Gasteiger partial charge in [0.05, 0.1) is 4.92 Å². The van der Waals surface area contributed by atoms with Gasteiger partial charge >= 0.3 is 0 Å². The lowest BCUT2D eigenvalue weighted by Crippen LogP contribution is -2.35. The predicted molar refractivity (Wildman–Crippen MR) is 67.7 cm³/mol. The fraction of sp³-hybridized carbons (Fsp3) is 0.500. The highest BCUT2D eigenvalue weighted by Gasteiger charge is 2.09. The van der Waals surface area contributed by atoms with Crippen molar-refractivity contribution in [3.8, 4) is 0 Å². The molecule has 0 bridgehead atoms. The molecule has 0 radical (unpaired) electrons. The number of non-ortho nitro benzene ring substituents is 1. The highest BCUT2D eigenvalue weighted by molar-refractivity contribution is 5.32. The number of nitro groups is 1. The summed E-state index contributed by atoms with van der Waals surface area (Å²) in [5.41, 5.74) is 6.84. The summed E-state index contributed by atoms with van der Waals surface area (Å²) in [6, 6.07) is 6.56. The maximum Gasteiger partial charge on any atom is 0.269 e. The van der Waals surface area contributed by atoms with Crippen LogP contribution in [-0.2, 0) is 6.54 Å². The maximum absolute atomic E-state index is 10.5. The second-order valence-corrected chi connectivity index (χ2v) is 4.84. The molecule has 0 aromatic heterocycles. The second-order valence-electron chi connectivity index (χ2n) is 4.84. The molecule has 0 spiro atoms. The number of benzene rings is 1. The van der Waals surface area contributed by atoms with Crippen LogP contribution in [0.15, 0.2) is 24.3 Å². The molecule has 1 aromatic rings. The molecule has 0 aliphatic carbocycles. The van der Waals surface area contributed by atoms with Crippen molar-refractivity contribution in [1.82, 2.24) is 5.32 Å². The Kier molecular flexibility index (Phi) is 4.60. The third kappa shape index (κ3) is 5.42. The highest BCUT2D eigenvalue weighted by Crippen LogP contribution is 2.11. The van der Waals surface area contributed by atoms with Crippen LogP contribution < -0.4 is 11.1 Å². The van der Waals surface area contributed by atoms with Crippen molar-refractivity contribution in [3.05, 3.63) is 39.9 Å². The van der Waals surface area contributed by atoms with Crippen LogP contribution in [0.25, 0.3) is 0 Å². The number of rotatable bonds is 6. The molecule has 0 saturated heterocycles. The molecule has 5 nitrogen and oxygen atoms in total. The highest BCUT2D eigenvalue weighted by atomic mass is 16.6. The van der Waals surface area contributed by atoms with E-state index in [-0.39, 0.29) is 11.2 Å². The molecule has 5 heteroatoms. The van der Waals surface area contributed by atoms with E-state index < -0.39 is 4.92 Å². The van der Waals surface area contributed by atoms with E-state index in [0.29, 0.717) is 6.54 Å². The van der Waals surface area contributed by atoms with Crippen LogP contribution in [0, 0.1) is 10.1 Å². The minimum atomic E-state index is -0.395. The average Bonchev–Trinajstić information content (AvgIpc) is 2.24. The zero-order valence-corrected chi connectivity index (χ0v) is 10.3. The summed E-state index contributed by atoms with van der Waals surface area (Å²) in [4.78, 5) is 10.1. The molecule has 0 unspecified atom stereocenters. The fourth-order valence-corrected chi connectivity index (χ4v) is 1.38. The minimum absolute atomic E-state index is 0.122. The van der Waals surface area contributed by atoms with Gasteiger partial charge in [0.1, 0.15) is 0 Å². The zero-order chi connectivity index (χ0) is 12.9. The van der Waals surface area contributed by atoms with E-state index in [4.69, 9.17) is 5.73 Å². The van der Waals surface area contributed by atoms with Crippen molar-refractivity contribution in [3.63, 3.8) is 0 Å². The van der Waals surface area contributed by atoms with Crippen LogP contribution in [0.1, 0.15) is 25.8 Å². The fourth-order valence-electron chi connectivity index (χ4n) is 1.38. The smallest absolute Gasteiger partial charge is 0.269 e. The standard InChI is InChI=1S/C12H19N3O2/c1-12(2,13)7-8-14-9-10-3-5-11(6-4-10)15(16)17/h3-6,14H,7-9,13H2,1-2H3. The summed E-state index contributed by atoms with van der Waals surface area (Å²) >= 11 is 0. The molecule has 0 aliphatic heterocycles.